The Morgan fingerprint density at radius 3 is 3.00 bits per heavy atom. The van der Waals surface area contributed by atoms with E-state index in [0.717, 1.165) is 18.0 Å². The van der Waals surface area contributed by atoms with Crippen molar-refractivity contribution in [2.75, 3.05) is 0 Å². The van der Waals surface area contributed by atoms with Gasteiger partial charge >= 0.3 is 0 Å². The van der Waals surface area contributed by atoms with E-state index in [2.05, 4.69) is 11.1 Å². The van der Waals surface area contributed by atoms with Gasteiger partial charge in [0.05, 0.1) is 5.56 Å². The van der Waals surface area contributed by atoms with Gasteiger partial charge < -0.3 is 0 Å². The van der Waals surface area contributed by atoms with E-state index >= 15 is 0 Å². The van der Waals surface area contributed by atoms with Crippen LogP contribution in [-0.2, 0) is 6.42 Å². The Bertz CT molecular complexity index is 359. The van der Waals surface area contributed by atoms with E-state index < -0.39 is 0 Å². The maximum absolute atomic E-state index is 8.71. The first-order valence-electron chi connectivity index (χ1n) is 4.65. The van der Waals surface area contributed by atoms with Crippen molar-refractivity contribution >= 4 is 0 Å². The smallest absolute Gasteiger partial charge is 0.101 e. The standard InChI is InChI=1S/C11H12N2/c1-8-11(4-9-2-3-9)5-10(6-12)7-13-8/h5,7,9H,2-4H2,1H3. The summed E-state index contributed by atoms with van der Waals surface area (Å²) < 4.78 is 0. The topological polar surface area (TPSA) is 36.7 Å². The third-order valence-corrected chi connectivity index (χ3v) is 2.53. The van der Waals surface area contributed by atoms with Gasteiger partial charge in [-0.2, -0.15) is 5.26 Å². The summed E-state index contributed by atoms with van der Waals surface area (Å²) in [6, 6.07) is 4.10. The van der Waals surface area contributed by atoms with Crippen LogP contribution in [0.3, 0.4) is 0 Å². The zero-order valence-corrected chi connectivity index (χ0v) is 7.75. The molecule has 0 aliphatic heterocycles. The number of hydrogen-bond acceptors (Lipinski definition) is 2. The average Bonchev–Trinajstić information content (AvgIpc) is 2.93. The molecule has 2 rings (SSSR count). The molecule has 1 aromatic rings. The van der Waals surface area contributed by atoms with Gasteiger partial charge in [0.2, 0.25) is 0 Å². The second-order valence-corrected chi connectivity index (χ2v) is 3.73. The fraction of sp³-hybridized carbons (Fsp3) is 0.455. The fourth-order valence-corrected chi connectivity index (χ4v) is 1.48. The normalized spacial score (nSPS) is 15.4. The lowest BCUT2D eigenvalue weighted by Crippen LogP contribution is -1.95. The van der Waals surface area contributed by atoms with Gasteiger partial charge in [-0.05, 0) is 43.7 Å². The van der Waals surface area contributed by atoms with Crippen molar-refractivity contribution < 1.29 is 0 Å². The monoisotopic (exact) mass is 172 g/mol. The maximum Gasteiger partial charge on any atom is 0.101 e. The highest BCUT2D eigenvalue weighted by Gasteiger charge is 2.22. The summed E-state index contributed by atoms with van der Waals surface area (Å²) in [5.41, 5.74) is 3.01. The van der Waals surface area contributed by atoms with E-state index in [1.807, 2.05) is 13.0 Å². The summed E-state index contributed by atoms with van der Waals surface area (Å²) in [4.78, 5) is 4.21. The predicted molar refractivity (Wildman–Crippen MR) is 50.1 cm³/mol. The van der Waals surface area contributed by atoms with Crippen molar-refractivity contribution in [1.29, 1.82) is 5.26 Å². The summed E-state index contributed by atoms with van der Waals surface area (Å²) in [6.45, 7) is 2.01. The van der Waals surface area contributed by atoms with Crippen LogP contribution in [0.25, 0.3) is 0 Å². The number of aromatic nitrogens is 1. The van der Waals surface area contributed by atoms with Gasteiger partial charge in [-0.25, -0.2) is 0 Å². The molecule has 1 aliphatic rings. The van der Waals surface area contributed by atoms with Gasteiger partial charge in [0.25, 0.3) is 0 Å². The number of pyridine rings is 1. The van der Waals surface area contributed by atoms with Gasteiger partial charge in [-0.1, -0.05) is 0 Å². The molecular weight excluding hydrogens is 160 g/mol. The first-order chi connectivity index (χ1) is 6.29. The minimum Gasteiger partial charge on any atom is -0.260 e. The third kappa shape index (κ3) is 1.86. The molecule has 0 spiro atoms. The van der Waals surface area contributed by atoms with Crippen LogP contribution in [0.1, 0.15) is 29.7 Å². The SMILES string of the molecule is Cc1ncc(C#N)cc1CC1CC1. The maximum atomic E-state index is 8.71. The summed E-state index contributed by atoms with van der Waals surface area (Å²) in [5, 5.41) is 8.71. The highest BCUT2D eigenvalue weighted by Crippen LogP contribution is 2.33. The van der Waals surface area contributed by atoms with Gasteiger partial charge in [-0.15, -0.1) is 0 Å². The molecule has 0 aromatic carbocycles. The van der Waals surface area contributed by atoms with E-state index in [0.29, 0.717) is 5.56 Å². The lowest BCUT2D eigenvalue weighted by Gasteiger charge is -2.03. The first-order valence-corrected chi connectivity index (χ1v) is 4.65. The number of nitrogens with zero attached hydrogens (tertiary/aromatic N) is 2. The van der Waals surface area contributed by atoms with Crippen LogP contribution in [0, 0.1) is 24.2 Å². The van der Waals surface area contributed by atoms with Gasteiger partial charge in [0.15, 0.2) is 0 Å². The Labute approximate surface area is 78.2 Å². The summed E-state index contributed by atoms with van der Waals surface area (Å²) in [7, 11) is 0. The largest absolute Gasteiger partial charge is 0.260 e. The molecule has 0 unspecified atom stereocenters. The summed E-state index contributed by atoms with van der Waals surface area (Å²) in [6.07, 6.45) is 5.44. The van der Waals surface area contributed by atoms with Crippen molar-refractivity contribution in [2.24, 2.45) is 5.92 Å². The molecule has 0 radical (unpaired) electrons. The minimum atomic E-state index is 0.682. The average molecular weight is 172 g/mol. The van der Waals surface area contributed by atoms with Crippen molar-refractivity contribution in [3.05, 3.63) is 29.1 Å². The third-order valence-electron chi connectivity index (χ3n) is 2.53. The highest BCUT2D eigenvalue weighted by atomic mass is 14.7. The lowest BCUT2D eigenvalue weighted by atomic mass is 10.1. The zero-order chi connectivity index (χ0) is 9.26. The highest BCUT2D eigenvalue weighted by molar-refractivity contribution is 5.33. The van der Waals surface area contributed by atoms with Crippen LogP contribution in [-0.4, -0.2) is 4.98 Å². The van der Waals surface area contributed by atoms with Gasteiger partial charge in [0.1, 0.15) is 6.07 Å². The van der Waals surface area contributed by atoms with E-state index in [9.17, 15) is 0 Å². The molecule has 1 aliphatic carbocycles. The molecule has 13 heavy (non-hydrogen) atoms. The molecule has 1 saturated carbocycles. The molecule has 0 amide bonds. The number of aryl methyl sites for hydroxylation is 1. The molecule has 1 heterocycles. The summed E-state index contributed by atoms with van der Waals surface area (Å²) >= 11 is 0. The Morgan fingerprint density at radius 2 is 2.38 bits per heavy atom. The van der Waals surface area contributed by atoms with Gasteiger partial charge in [-0.3, -0.25) is 4.98 Å². The van der Waals surface area contributed by atoms with Crippen LogP contribution in [0.4, 0.5) is 0 Å². The Hall–Kier alpha value is -1.36. The molecule has 1 aromatic heterocycles. The molecule has 0 saturated heterocycles. The van der Waals surface area contributed by atoms with Crippen LogP contribution in [0.5, 0.6) is 0 Å². The number of nitriles is 1. The van der Waals surface area contributed by atoms with Gasteiger partial charge in [0, 0.05) is 11.9 Å². The predicted octanol–water partition coefficient (Wildman–Crippen LogP) is 2.21. The van der Waals surface area contributed by atoms with Crippen LogP contribution < -0.4 is 0 Å². The molecule has 0 bridgehead atoms. The second-order valence-electron chi connectivity index (χ2n) is 3.73. The number of rotatable bonds is 2. The van der Waals surface area contributed by atoms with Crippen molar-refractivity contribution in [3.63, 3.8) is 0 Å². The van der Waals surface area contributed by atoms with Crippen molar-refractivity contribution in [1.82, 2.24) is 4.98 Å². The Balaban J connectivity index is 2.25. The molecule has 2 heteroatoms. The Morgan fingerprint density at radius 1 is 1.62 bits per heavy atom. The molecule has 1 fully saturated rings. The quantitative estimate of drug-likeness (QED) is 0.685. The first kappa shape index (κ1) is 8.25. The second kappa shape index (κ2) is 3.18. The molecular formula is C11H12N2. The van der Waals surface area contributed by atoms with E-state index in [4.69, 9.17) is 5.26 Å². The fourth-order valence-electron chi connectivity index (χ4n) is 1.48. The van der Waals surface area contributed by atoms with Crippen LogP contribution >= 0.6 is 0 Å². The van der Waals surface area contributed by atoms with E-state index in [1.54, 1.807) is 6.20 Å². The zero-order valence-electron chi connectivity index (χ0n) is 7.75. The van der Waals surface area contributed by atoms with Crippen LogP contribution in [0.15, 0.2) is 12.3 Å². The number of hydrogen-bond donors (Lipinski definition) is 0. The molecule has 66 valence electrons. The molecule has 0 atom stereocenters. The molecule has 2 nitrogen and oxygen atoms in total. The van der Waals surface area contributed by atoms with E-state index in [-0.39, 0.29) is 0 Å². The Kier molecular flexibility index (Phi) is 2.02. The van der Waals surface area contributed by atoms with Crippen molar-refractivity contribution in [3.8, 4) is 6.07 Å². The molecule has 0 N–H and O–H groups in total. The summed E-state index contributed by atoms with van der Waals surface area (Å²) in [5.74, 6) is 0.856. The van der Waals surface area contributed by atoms with Crippen molar-refractivity contribution in [2.45, 2.75) is 26.2 Å². The lowest BCUT2D eigenvalue weighted by molar-refractivity contribution is 0.817. The van der Waals surface area contributed by atoms with Crippen LogP contribution in [0.2, 0.25) is 0 Å². The van der Waals surface area contributed by atoms with E-state index in [1.165, 1.54) is 18.4 Å². The minimum absolute atomic E-state index is 0.682.